The Bertz CT molecular complexity index is 754. The molecule has 2 rings (SSSR count). The van der Waals surface area contributed by atoms with Gasteiger partial charge in [-0.15, -0.1) is 0 Å². The summed E-state index contributed by atoms with van der Waals surface area (Å²) in [6, 6.07) is 4.06. The molecule has 132 valence electrons. The minimum absolute atomic E-state index is 0.0658. The molecule has 9 heteroatoms. The molecule has 0 aromatic heterocycles. The Hall–Kier alpha value is -1.12. The van der Waals surface area contributed by atoms with Gasteiger partial charge in [-0.2, -0.15) is 0 Å². The Morgan fingerprint density at radius 1 is 1.42 bits per heavy atom. The molecule has 1 saturated heterocycles. The van der Waals surface area contributed by atoms with Crippen LogP contribution in [0.5, 0.6) is 0 Å². The van der Waals surface area contributed by atoms with E-state index in [-0.39, 0.29) is 23.3 Å². The van der Waals surface area contributed by atoms with Gasteiger partial charge in [0.05, 0.1) is 17.1 Å². The van der Waals surface area contributed by atoms with Crippen molar-refractivity contribution in [2.45, 2.75) is 19.4 Å². The normalized spacial score (nSPS) is 20.4. The van der Waals surface area contributed by atoms with Crippen LogP contribution in [0, 0.1) is 5.92 Å². The molecule has 1 aromatic carbocycles. The summed E-state index contributed by atoms with van der Waals surface area (Å²) in [6.45, 7) is 1.86. The molecule has 0 radical (unpaired) electrons. The summed E-state index contributed by atoms with van der Waals surface area (Å²) in [5.41, 5.74) is 0.337. The van der Waals surface area contributed by atoms with Crippen molar-refractivity contribution >= 4 is 49.2 Å². The van der Waals surface area contributed by atoms with Gasteiger partial charge in [-0.3, -0.25) is 9.59 Å². The lowest BCUT2D eigenvalue weighted by molar-refractivity contribution is -0.122. The first-order valence-electron chi connectivity index (χ1n) is 7.42. The maximum atomic E-state index is 12.2. The Balaban J connectivity index is 1.87. The average Bonchev–Trinajstić information content (AvgIpc) is 2.86. The van der Waals surface area contributed by atoms with Crippen molar-refractivity contribution < 1.29 is 18.0 Å². The zero-order chi connectivity index (χ0) is 17.9. The number of rotatable bonds is 5. The molecule has 1 heterocycles. The maximum absolute atomic E-state index is 12.2. The molecule has 2 amide bonds. The first-order chi connectivity index (χ1) is 11.2. The molecule has 2 unspecified atom stereocenters. The lowest BCUT2D eigenvalue weighted by atomic mass is 10.1. The number of benzene rings is 1. The van der Waals surface area contributed by atoms with Crippen LogP contribution in [0.25, 0.3) is 0 Å². The second kappa shape index (κ2) is 7.84. The fourth-order valence-electron chi connectivity index (χ4n) is 2.44. The first-order valence-corrected chi connectivity index (χ1v) is 10.4. The van der Waals surface area contributed by atoms with Crippen molar-refractivity contribution in [3.8, 4) is 0 Å². The third-order valence-corrected chi connectivity index (χ3v) is 6.57. The number of halogens is 2. The van der Waals surface area contributed by atoms with E-state index in [0.717, 1.165) is 0 Å². The van der Waals surface area contributed by atoms with E-state index in [1.807, 2.05) is 0 Å². The molecule has 6 nitrogen and oxygen atoms in total. The number of carbonyl (C=O) groups excluding carboxylic acids is 2. The monoisotopic (exact) mass is 436 g/mol. The van der Waals surface area contributed by atoms with Crippen molar-refractivity contribution in [1.82, 2.24) is 10.6 Å². The number of carbonyl (C=O) groups is 2. The molecule has 24 heavy (non-hydrogen) atoms. The van der Waals surface area contributed by atoms with Crippen LogP contribution in [0.4, 0.5) is 0 Å². The first kappa shape index (κ1) is 19.2. The lowest BCUT2D eigenvalue weighted by Crippen LogP contribution is -2.46. The van der Waals surface area contributed by atoms with Crippen LogP contribution < -0.4 is 10.6 Å². The molecular weight excluding hydrogens is 420 g/mol. The summed E-state index contributed by atoms with van der Waals surface area (Å²) < 4.78 is 23.4. The lowest BCUT2D eigenvalue weighted by Gasteiger charge is -2.16. The molecule has 1 aromatic rings. The van der Waals surface area contributed by atoms with Crippen molar-refractivity contribution in [2.24, 2.45) is 5.92 Å². The van der Waals surface area contributed by atoms with E-state index in [9.17, 15) is 18.0 Å². The van der Waals surface area contributed by atoms with Gasteiger partial charge in [-0.05, 0) is 53.4 Å². The van der Waals surface area contributed by atoms with Crippen molar-refractivity contribution in [3.63, 3.8) is 0 Å². The third kappa shape index (κ3) is 5.19. The molecule has 2 atom stereocenters. The molecule has 1 fully saturated rings. The summed E-state index contributed by atoms with van der Waals surface area (Å²) in [5.74, 6) is -0.572. The minimum atomic E-state index is -2.97. The van der Waals surface area contributed by atoms with Gasteiger partial charge in [0.2, 0.25) is 5.91 Å². The SMILES string of the molecule is CC(NC(=O)c1cc(Cl)ccc1Br)C(=O)NCC1CCS(=O)(=O)C1. The number of hydrogen-bond donors (Lipinski definition) is 2. The highest BCUT2D eigenvalue weighted by Crippen LogP contribution is 2.21. The van der Waals surface area contributed by atoms with E-state index in [2.05, 4.69) is 26.6 Å². The smallest absolute Gasteiger partial charge is 0.253 e. The van der Waals surface area contributed by atoms with Crippen LogP contribution in [0.3, 0.4) is 0 Å². The summed E-state index contributed by atoms with van der Waals surface area (Å²) in [4.78, 5) is 24.3. The molecular formula is C15H18BrClN2O4S. The zero-order valence-corrected chi connectivity index (χ0v) is 16.2. The predicted molar refractivity (Wildman–Crippen MR) is 95.9 cm³/mol. The van der Waals surface area contributed by atoms with Crippen LogP contribution >= 0.6 is 27.5 Å². The van der Waals surface area contributed by atoms with Gasteiger partial charge < -0.3 is 10.6 Å². The summed E-state index contributed by atoms with van der Waals surface area (Å²) in [6.07, 6.45) is 0.554. The summed E-state index contributed by atoms with van der Waals surface area (Å²) in [7, 11) is -2.97. The van der Waals surface area contributed by atoms with E-state index in [1.165, 1.54) is 6.07 Å². The van der Waals surface area contributed by atoms with Crippen molar-refractivity contribution in [3.05, 3.63) is 33.3 Å². The fraction of sp³-hybridized carbons (Fsp3) is 0.467. The number of hydrogen-bond acceptors (Lipinski definition) is 4. The van der Waals surface area contributed by atoms with Crippen molar-refractivity contribution in [2.75, 3.05) is 18.1 Å². The van der Waals surface area contributed by atoms with E-state index in [1.54, 1.807) is 19.1 Å². The number of nitrogens with one attached hydrogen (secondary N) is 2. The van der Waals surface area contributed by atoms with E-state index < -0.39 is 21.8 Å². The van der Waals surface area contributed by atoms with Crippen molar-refractivity contribution in [1.29, 1.82) is 0 Å². The molecule has 1 aliphatic rings. The Labute approximate surface area is 154 Å². The highest BCUT2D eigenvalue weighted by atomic mass is 79.9. The van der Waals surface area contributed by atoms with Gasteiger partial charge in [-0.25, -0.2) is 8.42 Å². The Morgan fingerprint density at radius 3 is 2.75 bits per heavy atom. The van der Waals surface area contributed by atoms with Gasteiger partial charge in [0.25, 0.3) is 5.91 Å². The highest BCUT2D eigenvalue weighted by Gasteiger charge is 2.28. The van der Waals surface area contributed by atoms with Gasteiger partial charge in [0.1, 0.15) is 6.04 Å². The zero-order valence-electron chi connectivity index (χ0n) is 13.0. The topological polar surface area (TPSA) is 92.3 Å². The van der Waals surface area contributed by atoms with Crippen LogP contribution in [0.1, 0.15) is 23.7 Å². The number of amides is 2. The molecule has 0 aliphatic carbocycles. The second-order valence-corrected chi connectivity index (χ2v) is 9.35. The highest BCUT2D eigenvalue weighted by molar-refractivity contribution is 9.10. The second-order valence-electron chi connectivity index (χ2n) is 5.83. The largest absolute Gasteiger partial charge is 0.354 e. The van der Waals surface area contributed by atoms with E-state index >= 15 is 0 Å². The molecule has 0 saturated carbocycles. The molecule has 2 N–H and O–H groups in total. The minimum Gasteiger partial charge on any atom is -0.354 e. The Kier molecular flexibility index (Phi) is 6.28. The maximum Gasteiger partial charge on any atom is 0.253 e. The summed E-state index contributed by atoms with van der Waals surface area (Å²) in [5, 5.41) is 5.71. The quantitative estimate of drug-likeness (QED) is 0.734. The summed E-state index contributed by atoms with van der Waals surface area (Å²) >= 11 is 9.14. The van der Waals surface area contributed by atoms with Crippen LogP contribution in [0.2, 0.25) is 5.02 Å². The number of sulfone groups is 1. The van der Waals surface area contributed by atoms with Gasteiger partial charge in [-0.1, -0.05) is 11.6 Å². The van der Waals surface area contributed by atoms with Gasteiger partial charge in [0.15, 0.2) is 9.84 Å². The molecule has 0 bridgehead atoms. The molecule has 1 aliphatic heterocycles. The third-order valence-electron chi connectivity index (χ3n) is 3.81. The standard InChI is InChI=1S/C15H18BrClN2O4S/c1-9(14(20)18-7-10-4-5-24(22,23)8-10)19-15(21)12-6-11(17)2-3-13(12)16/h2-3,6,9-10H,4-5,7-8H2,1H3,(H,18,20)(H,19,21). The Morgan fingerprint density at radius 2 is 2.12 bits per heavy atom. The van der Waals surface area contributed by atoms with Gasteiger partial charge in [0, 0.05) is 16.0 Å². The van der Waals surface area contributed by atoms with Crippen LogP contribution in [0.15, 0.2) is 22.7 Å². The predicted octanol–water partition coefficient (Wildman–Crippen LogP) is 1.77. The molecule has 0 spiro atoms. The van der Waals surface area contributed by atoms with E-state index in [4.69, 9.17) is 11.6 Å². The van der Waals surface area contributed by atoms with E-state index in [0.29, 0.717) is 28.0 Å². The van der Waals surface area contributed by atoms with Crippen LogP contribution in [-0.4, -0.2) is 44.3 Å². The fourth-order valence-corrected chi connectivity index (χ4v) is 4.90. The van der Waals surface area contributed by atoms with Crippen LogP contribution in [-0.2, 0) is 14.6 Å². The van der Waals surface area contributed by atoms with Gasteiger partial charge >= 0.3 is 0 Å². The average molecular weight is 438 g/mol.